The fraction of sp³-hybridized carbons (Fsp3) is 0.227. The molecule has 1 amide bonds. The van der Waals surface area contributed by atoms with Crippen LogP contribution in [-0.2, 0) is 11.3 Å². The van der Waals surface area contributed by atoms with E-state index in [2.05, 4.69) is 17.1 Å². The zero-order valence-electron chi connectivity index (χ0n) is 16.5. The number of thiazole rings is 1. The SMILES string of the molecule is CCN(Cc1ccc(C(=O)NCCC(=O)O)cc1)c1nc(-c2ccc(Cl)cc2)cs1. The van der Waals surface area contributed by atoms with E-state index in [1.807, 2.05) is 41.8 Å². The van der Waals surface area contributed by atoms with Crippen molar-refractivity contribution >= 4 is 39.9 Å². The van der Waals surface area contributed by atoms with Crippen LogP contribution in [0, 0.1) is 0 Å². The molecule has 3 rings (SSSR count). The third-order valence-corrected chi connectivity index (χ3v) is 5.65. The van der Waals surface area contributed by atoms with Crippen LogP contribution in [-0.4, -0.2) is 35.1 Å². The van der Waals surface area contributed by atoms with Gasteiger partial charge in [0, 0.05) is 41.2 Å². The third kappa shape index (κ3) is 5.81. The lowest BCUT2D eigenvalue weighted by Crippen LogP contribution is -2.26. The highest BCUT2D eigenvalue weighted by atomic mass is 35.5. The number of hydrogen-bond acceptors (Lipinski definition) is 5. The molecule has 0 aliphatic heterocycles. The fourth-order valence-electron chi connectivity index (χ4n) is 2.84. The average Bonchev–Trinajstić information content (AvgIpc) is 3.22. The van der Waals surface area contributed by atoms with Crippen LogP contribution < -0.4 is 10.2 Å². The van der Waals surface area contributed by atoms with Crippen molar-refractivity contribution in [3.8, 4) is 11.3 Å². The Kier molecular flexibility index (Phi) is 7.43. The number of carboxylic acid groups (broad SMARTS) is 1. The number of aromatic nitrogens is 1. The van der Waals surface area contributed by atoms with Crippen molar-refractivity contribution in [2.45, 2.75) is 19.9 Å². The number of carbonyl (C=O) groups excluding carboxylic acids is 1. The Balaban J connectivity index is 1.64. The molecular formula is C22H22ClN3O3S. The maximum Gasteiger partial charge on any atom is 0.305 e. The first-order valence-corrected chi connectivity index (χ1v) is 10.8. The summed E-state index contributed by atoms with van der Waals surface area (Å²) in [5.41, 5.74) is 3.50. The molecule has 0 saturated carbocycles. The molecule has 0 bridgehead atoms. The van der Waals surface area contributed by atoms with E-state index in [-0.39, 0.29) is 18.9 Å². The number of halogens is 1. The van der Waals surface area contributed by atoms with Crippen LogP contribution in [0.4, 0.5) is 5.13 Å². The second kappa shape index (κ2) is 10.2. The lowest BCUT2D eigenvalue weighted by Gasteiger charge is -2.20. The van der Waals surface area contributed by atoms with Gasteiger partial charge in [-0.05, 0) is 36.8 Å². The normalized spacial score (nSPS) is 10.6. The van der Waals surface area contributed by atoms with Gasteiger partial charge in [-0.25, -0.2) is 4.98 Å². The number of rotatable bonds is 9. The molecule has 30 heavy (non-hydrogen) atoms. The van der Waals surface area contributed by atoms with Gasteiger partial charge in [0.15, 0.2) is 5.13 Å². The summed E-state index contributed by atoms with van der Waals surface area (Å²) >= 11 is 7.55. The molecule has 6 nitrogen and oxygen atoms in total. The van der Waals surface area contributed by atoms with Crippen molar-refractivity contribution < 1.29 is 14.7 Å². The lowest BCUT2D eigenvalue weighted by atomic mass is 10.1. The van der Waals surface area contributed by atoms with Crippen molar-refractivity contribution in [2.24, 2.45) is 0 Å². The summed E-state index contributed by atoms with van der Waals surface area (Å²) in [5.74, 6) is -1.21. The number of benzene rings is 2. The summed E-state index contributed by atoms with van der Waals surface area (Å²) in [5, 5.41) is 14.9. The van der Waals surface area contributed by atoms with E-state index < -0.39 is 5.97 Å². The standard InChI is InChI=1S/C22H22ClN3O3S/c1-2-26(22-25-19(14-30-22)16-7-9-18(23)10-8-16)13-15-3-5-17(6-4-15)21(29)24-12-11-20(27)28/h3-10,14H,2,11-13H2,1H3,(H,24,29)(H,27,28). The monoisotopic (exact) mass is 443 g/mol. The summed E-state index contributed by atoms with van der Waals surface area (Å²) in [6, 6.07) is 14.9. The first kappa shape index (κ1) is 21.8. The van der Waals surface area contributed by atoms with Crippen molar-refractivity contribution in [3.05, 3.63) is 70.1 Å². The van der Waals surface area contributed by atoms with E-state index >= 15 is 0 Å². The van der Waals surface area contributed by atoms with Gasteiger partial charge in [0.1, 0.15) is 0 Å². The Bertz CT molecular complexity index is 1000. The van der Waals surface area contributed by atoms with Gasteiger partial charge >= 0.3 is 5.97 Å². The van der Waals surface area contributed by atoms with Crippen LogP contribution in [0.3, 0.4) is 0 Å². The smallest absolute Gasteiger partial charge is 0.305 e. The Morgan fingerprint density at radius 3 is 2.47 bits per heavy atom. The van der Waals surface area contributed by atoms with E-state index in [0.717, 1.165) is 28.5 Å². The number of nitrogens with one attached hydrogen (secondary N) is 1. The van der Waals surface area contributed by atoms with Gasteiger partial charge in [-0.1, -0.05) is 35.9 Å². The first-order chi connectivity index (χ1) is 14.5. The minimum absolute atomic E-state index is 0.0961. The van der Waals surface area contributed by atoms with Crippen molar-refractivity contribution in [2.75, 3.05) is 18.0 Å². The van der Waals surface area contributed by atoms with Gasteiger partial charge < -0.3 is 15.3 Å². The van der Waals surface area contributed by atoms with Gasteiger partial charge in [0.05, 0.1) is 12.1 Å². The van der Waals surface area contributed by atoms with Crippen LogP contribution in [0.25, 0.3) is 11.3 Å². The minimum atomic E-state index is -0.938. The molecule has 3 aromatic rings. The summed E-state index contributed by atoms with van der Waals surface area (Å²) in [6.45, 7) is 3.66. The Labute approximate surface area is 184 Å². The molecule has 0 unspecified atom stereocenters. The number of anilines is 1. The van der Waals surface area contributed by atoms with E-state index in [9.17, 15) is 9.59 Å². The van der Waals surface area contributed by atoms with Crippen LogP contribution in [0.15, 0.2) is 53.9 Å². The molecule has 0 atom stereocenters. The van der Waals surface area contributed by atoms with Crippen molar-refractivity contribution in [3.63, 3.8) is 0 Å². The Hall–Kier alpha value is -2.90. The van der Waals surface area contributed by atoms with Gasteiger partial charge in [0.25, 0.3) is 5.91 Å². The number of carboxylic acids is 1. The summed E-state index contributed by atoms with van der Waals surface area (Å²) in [6.07, 6.45) is -0.0961. The lowest BCUT2D eigenvalue weighted by molar-refractivity contribution is -0.136. The molecule has 0 spiro atoms. The van der Waals surface area contributed by atoms with Gasteiger partial charge in [-0.15, -0.1) is 11.3 Å². The van der Waals surface area contributed by atoms with Crippen LogP contribution in [0.2, 0.25) is 5.02 Å². The molecule has 1 heterocycles. The molecule has 156 valence electrons. The summed E-state index contributed by atoms with van der Waals surface area (Å²) in [7, 11) is 0. The zero-order valence-corrected chi connectivity index (χ0v) is 18.0. The second-order valence-electron chi connectivity index (χ2n) is 6.63. The molecular weight excluding hydrogens is 422 g/mol. The third-order valence-electron chi connectivity index (χ3n) is 4.50. The van der Waals surface area contributed by atoms with Crippen molar-refractivity contribution in [1.29, 1.82) is 0 Å². The van der Waals surface area contributed by atoms with E-state index in [0.29, 0.717) is 17.1 Å². The summed E-state index contributed by atoms with van der Waals surface area (Å²) < 4.78 is 0. The van der Waals surface area contributed by atoms with E-state index in [1.54, 1.807) is 23.5 Å². The zero-order chi connectivity index (χ0) is 21.5. The number of amides is 1. The Morgan fingerprint density at radius 1 is 1.13 bits per heavy atom. The van der Waals surface area contributed by atoms with Crippen LogP contribution >= 0.6 is 22.9 Å². The number of hydrogen-bond donors (Lipinski definition) is 2. The molecule has 0 aliphatic carbocycles. The molecule has 1 aromatic heterocycles. The maximum absolute atomic E-state index is 12.1. The molecule has 8 heteroatoms. The molecule has 2 aromatic carbocycles. The maximum atomic E-state index is 12.1. The Morgan fingerprint density at radius 2 is 1.83 bits per heavy atom. The van der Waals surface area contributed by atoms with E-state index in [4.69, 9.17) is 21.7 Å². The topological polar surface area (TPSA) is 82.5 Å². The molecule has 0 saturated heterocycles. The van der Waals surface area contributed by atoms with Crippen LogP contribution in [0.1, 0.15) is 29.3 Å². The highest BCUT2D eigenvalue weighted by molar-refractivity contribution is 7.14. The number of aliphatic carboxylic acids is 1. The van der Waals surface area contributed by atoms with Crippen LogP contribution in [0.5, 0.6) is 0 Å². The highest BCUT2D eigenvalue weighted by Crippen LogP contribution is 2.29. The van der Waals surface area contributed by atoms with Gasteiger partial charge in [0.2, 0.25) is 0 Å². The first-order valence-electron chi connectivity index (χ1n) is 9.51. The molecule has 2 N–H and O–H groups in total. The molecule has 0 fully saturated rings. The quantitative estimate of drug-likeness (QED) is 0.501. The average molecular weight is 444 g/mol. The minimum Gasteiger partial charge on any atom is -0.481 e. The fourth-order valence-corrected chi connectivity index (χ4v) is 3.87. The van der Waals surface area contributed by atoms with Crippen molar-refractivity contribution in [1.82, 2.24) is 10.3 Å². The second-order valence-corrected chi connectivity index (χ2v) is 7.91. The molecule has 0 aliphatic rings. The predicted molar refractivity (Wildman–Crippen MR) is 120 cm³/mol. The van der Waals surface area contributed by atoms with Gasteiger partial charge in [-0.3, -0.25) is 9.59 Å². The summed E-state index contributed by atoms with van der Waals surface area (Å²) in [4.78, 5) is 29.5. The largest absolute Gasteiger partial charge is 0.481 e. The van der Waals surface area contributed by atoms with E-state index in [1.165, 1.54) is 0 Å². The van der Waals surface area contributed by atoms with Gasteiger partial charge in [-0.2, -0.15) is 0 Å². The predicted octanol–water partition coefficient (Wildman–Crippen LogP) is 4.69. The highest BCUT2D eigenvalue weighted by Gasteiger charge is 2.12. The molecule has 0 radical (unpaired) electrons. The number of carbonyl (C=O) groups is 2. The number of nitrogens with zero attached hydrogens (tertiary/aromatic N) is 2.